The molecule has 0 spiro atoms. The lowest BCUT2D eigenvalue weighted by molar-refractivity contribution is -0.148. The van der Waals surface area contributed by atoms with Crippen LogP contribution >= 0.6 is 0 Å². The lowest BCUT2D eigenvalue weighted by Gasteiger charge is -2.31. The number of carboxylic acid groups (broad SMARTS) is 1. The molecule has 0 aromatic carbocycles. The van der Waals surface area contributed by atoms with Crippen LogP contribution in [0.25, 0.3) is 0 Å². The third-order valence-corrected chi connectivity index (χ3v) is 3.62. The van der Waals surface area contributed by atoms with E-state index in [4.69, 9.17) is 0 Å². The molecule has 0 aliphatic heterocycles. The van der Waals surface area contributed by atoms with Crippen LogP contribution in [0.3, 0.4) is 0 Å². The Morgan fingerprint density at radius 1 is 1.12 bits per heavy atom. The van der Waals surface area contributed by atoms with E-state index in [9.17, 15) is 14.7 Å². The summed E-state index contributed by atoms with van der Waals surface area (Å²) in [6, 6.07) is 2.85. The number of aromatic nitrogens is 1. The lowest BCUT2D eigenvalue weighted by Crippen LogP contribution is -2.41. The van der Waals surface area contributed by atoms with Gasteiger partial charge in [-0.25, -0.2) is 4.79 Å². The predicted octanol–water partition coefficient (Wildman–Crippen LogP) is 1.98. The first kappa shape index (κ1) is 11.9. The van der Waals surface area contributed by atoms with Crippen LogP contribution in [-0.4, -0.2) is 15.6 Å². The molecule has 1 fully saturated rings. The number of aliphatic carboxylic acids is 1. The van der Waals surface area contributed by atoms with Crippen molar-refractivity contribution in [3.05, 3.63) is 34.7 Å². The maximum Gasteiger partial charge on any atom is 0.329 e. The molecule has 0 atom stereocenters. The summed E-state index contributed by atoms with van der Waals surface area (Å²) < 4.78 is 1.70. The average Bonchev–Trinajstić information content (AvgIpc) is 2.56. The second-order valence-electron chi connectivity index (χ2n) is 4.69. The molecular formula is C13H17NO3. The molecule has 92 valence electrons. The Morgan fingerprint density at radius 3 is 2.12 bits per heavy atom. The molecule has 4 nitrogen and oxygen atoms in total. The Balaban J connectivity index is 2.42. The molecule has 1 aromatic heterocycles. The number of nitrogens with zero attached hydrogens (tertiary/aromatic N) is 1. The number of hydrogen-bond acceptors (Lipinski definition) is 2. The summed E-state index contributed by atoms with van der Waals surface area (Å²) in [5, 5.41) is 9.54. The van der Waals surface area contributed by atoms with Crippen LogP contribution in [0.4, 0.5) is 0 Å². The van der Waals surface area contributed by atoms with E-state index in [-0.39, 0.29) is 5.43 Å². The van der Waals surface area contributed by atoms with Gasteiger partial charge in [-0.1, -0.05) is 25.7 Å². The molecular weight excluding hydrogens is 218 g/mol. The fraction of sp³-hybridized carbons (Fsp3) is 0.538. The topological polar surface area (TPSA) is 59.3 Å². The summed E-state index contributed by atoms with van der Waals surface area (Å²) in [6.45, 7) is 0. The van der Waals surface area contributed by atoms with Crippen LogP contribution in [0.15, 0.2) is 29.3 Å². The predicted molar refractivity (Wildman–Crippen MR) is 64.0 cm³/mol. The maximum absolute atomic E-state index is 11.6. The summed E-state index contributed by atoms with van der Waals surface area (Å²) >= 11 is 0. The van der Waals surface area contributed by atoms with Gasteiger partial charge in [0.05, 0.1) is 0 Å². The first-order valence-corrected chi connectivity index (χ1v) is 6.07. The standard InChI is InChI=1S/C13H17NO3/c15-11-5-9-14(10-6-11)13(12(16)17)7-3-1-2-4-8-13/h5-6,9-10H,1-4,7-8H2,(H,16,17). The number of pyridine rings is 1. The fourth-order valence-electron chi connectivity index (χ4n) is 2.59. The van der Waals surface area contributed by atoms with Crippen molar-refractivity contribution in [1.29, 1.82) is 0 Å². The van der Waals surface area contributed by atoms with Crippen molar-refractivity contribution in [3.8, 4) is 0 Å². The normalized spacial score (nSPS) is 19.5. The van der Waals surface area contributed by atoms with Gasteiger partial charge in [-0.05, 0) is 12.8 Å². The van der Waals surface area contributed by atoms with Gasteiger partial charge in [-0.3, -0.25) is 4.79 Å². The van der Waals surface area contributed by atoms with E-state index in [2.05, 4.69) is 0 Å². The molecule has 2 rings (SSSR count). The number of carboxylic acids is 1. The van der Waals surface area contributed by atoms with Crippen molar-refractivity contribution >= 4 is 5.97 Å². The monoisotopic (exact) mass is 235 g/mol. The average molecular weight is 235 g/mol. The third-order valence-electron chi connectivity index (χ3n) is 3.62. The molecule has 1 aromatic rings. The second-order valence-corrected chi connectivity index (χ2v) is 4.69. The highest BCUT2D eigenvalue weighted by Crippen LogP contribution is 2.33. The Morgan fingerprint density at radius 2 is 1.65 bits per heavy atom. The Bertz CT molecular complexity index is 435. The van der Waals surface area contributed by atoms with Crippen LogP contribution < -0.4 is 5.43 Å². The first-order chi connectivity index (χ1) is 8.15. The summed E-state index contributed by atoms with van der Waals surface area (Å²) in [6.07, 6.45) is 8.53. The molecule has 4 heteroatoms. The molecule has 1 aliphatic carbocycles. The van der Waals surface area contributed by atoms with Crippen molar-refractivity contribution in [3.63, 3.8) is 0 Å². The highest BCUT2D eigenvalue weighted by atomic mass is 16.4. The van der Waals surface area contributed by atoms with Gasteiger partial charge in [-0.15, -0.1) is 0 Å². The molecule has 0 amide bonds. The minimum atomic E-state index is -0.857. The second kappa shape index (κ2) is 4.73. The molecule has 1 heterocycles. The molecule has 1 saturated carbocycles. The van der Waals surface area contributed by atoms with Gasteiger partial charge < -0.3 is 9.67 Å². The van der Waals surface area contributed by atoms with E-state index in [0.29, 0.717) is 12.8 Å². The Hall–Kier alpha value is -1.58. The van der Waals surface area contributed by atoms with E-state index in [1.807, 2.05) is 0 Å². The lowest BCUT2D eigenvalue weighted by atomic mass is 9.89. The van der Waals surface area contributed by atoms with Crippen molar-refractivity contribution < 1.29 is 9.90 Å². The quantitative estimate of drug-likeness (QED) is 0.797. The van der Waals surface area contributed by atoms with Crippen molar-refractivity contribution in [2.45, 2.75) is 44.1 Å². The summed E-state index contributed by atoms with van der Waals surface area (Å²) in [5.74, 6) is -0.789. The smallest absolute Gasteiger partial charge is 0.329 e. The zero-order valence-electron chi connectivity index (χ0n) is 9.76. The molecule has 0 bridgehead atoms. The highest BCUT2D eigenvalue weighted by Gasteiger charge is 2.39. The van der Waals surface area contributed by atoms with Crippen molar-refractivity contribution in [1.82, 2.24) is 4.57 Å². The van der Waals surface area contributed by atoms with Gasteiger partial charge in [0.25, 0.3) is 0 Å². The van der Waals surface area contributed by atoms with E-state index in [0.717, 1.165) is 25.7 Å². The van der Waals surface area contributed by atoms with Crippen LogP contribution in [0, 0.1) is 0 Å². The number of hydrogen-bond donors (Lipinski definition) is 1. The van der Waals surface area contributed by atoms with Crippen LogP contribution in [-0.2, 0) is 10.3 Å². The van der Waals surface area contributed by atoms with E-state index < -0.39 is 11.5 Å². The minimum Gasteiger partial charge on any atom is -0.479 e. The maximum atomic E-state index is 11.6. The van der Waals surface area contributed by atoms with E-state index in [1.54, 1.807) is 17.0 Å². The van der Waals surface area contributed by atoms with E-state index >= 15 is 0 Å². The zero-order valence-corrected chi connectivity index (χ0v) is 9.76. The summed E-state index contributed by atoms with van der Waals surface area (Å²) in [7, 11) is 0. The van der Waals surface area contributed by atoms with Gasteiger partial charge in [0.1, 0.15) is 5.54 Å². The minimum absolute atomic E-state index is 0.0876. The van der Waals surface area contributed by atoms with Crippen LogP contribution in [0.2, 0.25) is 0 Å². The van der Waals surface area contributed by atoms with Crippen LogP contribution in [0.1, 0.15) is 38.5 Å². The summed E-state index contributed by atoms with van der Waals surface area (Å²) in [4.78, 5) is 22.7. The Labute approximate surface area is 99.9 Å². The van der Waals surface area contributed by atoms with Crippen LogP contribution in [0.5, 0.6) is 0 Å². The van der Waals surface area contributed by atoms with Crippen molar-refractivity contribution in [2.24, 2.45) is 0 Å². The third kappa shape index (κ3) is 2.25. The first-order valence-electron chi connectivity index (χ1n) is 6.07. The van der Waals surface area contributed by atoms with Gasteiger partial charge in [0.15, 0.2) is 5.43 Å². The SMILES string of the molecule is O=C(O)C1(n2ccc(=O)cc2)CCCCCC1. The number of carbonyl (C=O) groups is 1. The molecule has 0 radical (unpaired) electrons. The highest BCUT2D eigenvalue weighted by molar-refractivity contribution is 5.76. The zero-order chi connectivity index (χ0) is 12.3. The van der Waals surface area contributed by atoms with Gasteiger partial charge in [0, 0.05) is 24.5 Å². The number of rotatable bonds is 2. The van der Waals surface area contributed by atoms with Gasteiger partial charge in [-0.2, -0.15) is 0 Å². The molecule has 17 heavy (non-hydrogen) atoms. The molecule has 1 N–H and O–H groups in total. The molecule has 0 unspecified atom stereocenters. The fourth-order valence-corrected chi connectivity index (χ4v) is 2.59. The molecule has 1 aliphatic rings. The Kier molecular flexibility index (Phi) is 3.31. The largest absolute Gasteiger partial charge is 0.479 e. The van der Waals surface area contributed by atoms with Gasteiger partial charge in [0.2, 0.25) is 0 Å². The molecule has 0 saturated heterocycles. The summed E-state index contributed by atoms with van der Waals surface area (Å²) in [5.41, 5.74) is -0.945. The van der Waals surface area contributed by atoms with Crippen molar-refractivity contribution in [2.75, 3.05) is 0 Å². The van der Waals surface area contributed by atoms with Gasteiger partial charge >= 0.3 is 5.97 Å². The van der Waals surface area contributed by atoms with E-state index in [1.165, 1.54) is 12.1 Å².